The second-order valence-electron chi connectivity index (χ2n) is 4.77. The van der Waals surface area contributed by atoms with E-state index in [0.717, 1.165) is 0 Å². The first-order chi connectivity index (χ1) is 10.0. The average Bonchev–Trinajstić information content (AvgIpc) is 3.03. The molecule has 4 atom stereocenters. The number of ether oxygens (including phenoxy) is 1. The molecule has 21 heavy (non-hydrogen) atoms. The summed E-state index contributed by atoms with van der Waals surface area (Å²) in [7, 11) is 0. The number of nitrogens with two attached hydrogens (primary N) is 1. The third-order valence-electron chi connectivity index (χ3n) is 3.65. The molecule has 3 rings (SSSR count). The summed E-state index contributed by atoms with van der Waals surface area (Å²) in [5.74, 6) is 0.192. The van der Waals surface area contributed by atoms with Gasteiger partial charge in [0.05, 0.1) is 5.69 Å². The van der Waals surface area contributed by atoms with Crippen molar-refractivity contribution < 1.29 is 20.1 Å². The lowest BCUT2D eigenvalue weighted by Gasteiger charge is -2.24. The number of hydrogen-bond acceptors (Lipinski definition) is 7. The van der Waals surface area contributed by atoms with E-state index >= 15 is 0 Å². The lowest BCUT2D eigenvalue weighted by atomic mass is 9.92. The number of rotatable bonds is 2. The van der Waals surface area contributed by atoms with Gasteiger partial charge in [-0.05, 0) is 12.1 Å². The number of fused-ring (bicyclic) bond motifs is 1. The maximum Gasteiger partial charge on any atom is 0.225 e. The van der Waals surface area contributed by atoms with Gasteiger partial charge in [-0.15, -0.1) is 0 Å². The van der Waals surface area contributed by atoms with Crippen molar-refractivity contribution in [2.45, 2.75) is 23.9 Å². The molecule has 1 radical (unpaired) electrons. The third-order valence-corrected chi connectivity index (χ3v) is 3.65. The lowest BCUT2D eigenvalue weighted by molar-refractivity contribution is -0.0737. The molecule has 3 heterocycles. The Morgan fingerprint density at radius 2 is 2.29 bits per heavy atom. The number of aromatic nitrogens is 3. The van der Waals surface area contributed by atoms with Crippen molar-refractivity contribution in [3.63, 3.8) is 0 Å². The van der Waals surface area contributed by atoms with Crippen LogP contribution in [0.3, 0.4) is 0 Å². The molecule has 0 amide bonds. The summed E-state index contributed by atoms with van der Waals surface area (Å²) in [5, 5.41) is 44.5. The lowest BCUT2D eigenvalue weighted by Crippen LogP contribution is -2.40. The summed E-state index contributed by atoms with van der Waals surface area (Å²) in [6.45, 7) is -0.776. The van der Waals surface area contributed by atoms with Crippen LogP contribution in [0.5, 0.6) is 0 Å². The van der Waals surface area contributed by atoms with E-state index in [1.165, 1.54) is 16.9 Å². The van der Waals surface area contributed by atoms with Gasteiger partial charge in [0.1, 0.15) is 42.8 Å². The predicted octanol–water partition coefficient (Wildman–Crippen LogP) is -1.42. The largest absolute Gasteiger partial charge is 0.387 e. The van der Waals surface area contributed by atoms with E-state index in [9.17, 15) is 20.6 Å². The van der Waals surface area contributed by atoms with Gasteiger partial charge in [-0.2, -0.15) is 10.4 Å². The zero-order valence-corrected chi connectivity index (χ0v) is 10.7. The molecule has 0 aliphatic carbocycles. The Balaban J connectivity index is 2.20. The van der Waals surface area contributed by atoms with E-state index in [2.05, 4.69) is 10.1 Å². The van der Waals surface area contributed by atoms with Crippen LogP contribution in [0.1, 0.15) is 5.69 Å². The van der Waals surface area contributed by atoms with Crippen LogP contribution >= 0.6 is 0 Å². The van der Waals surface area contributed by atoms with Gasteiger partial charge in [-0.3, -0.25) is 0 Å². The minimum atomic E-state index is -1.89. The van der Waals surface area contributed by atoms with E-state index in [1.54, 1.807) is 6.07 Å². The second kappa shape index (κ2) is 4.64. The van der Waals surface area contributed by atoms with E-state index in [4.69, 9.17) is 10.5 Å². The van der Waals surface area contributed by atoms with Crippen molar-refractivity contribution in [1.29, 1.82) is 5.26 Å². The van der Waals surface area contributed by atoms with Crippen molar-refractivity contribution in [1.82, 2.24) is 14.6 Å². The maximum atomic E-state index is 11.0. The molecule has 0 saturated carbocycles. The fourth-order valence-electron chi connectivity index (χ4n) is 2.55. The smallest absolute Gasteiger partial charge is 0.225 e. The van der Waals surface area contributed by atoms with Crippen LogP contribution in [0.4, 0.5) is 5.82 Å². The van der Waals surface area contributed by atoms with Gasteiger partial charge in [-0.1, -0.05) is 0 Å². The molecule has 1 aliphatic rings. The second-order valence-corrected chi connectivity index (χ2v) is 4.77. The summed E-state index contributed by atoms with van der Waals surface area (Å²) < 4.78 is 6.67. The molecule has 2 aromatic heterocycles. The highest BCUT2D eigenvalue weighted by Crippen LogP contribution is 2.40. The van der Waals surface area contributed by atoms with Crippen LogP contribution in [0.25, 0.3) is 5.52 Å². The highest BCUT2D eigenvalue weighted by atomic mass is 16.6. The van der Waals surface area contributed by atoms with Gasteiger partial charge in [0.15, 0.2) is 5.82 Å². The normalized spacial score (nSPS) is 32.4. The quantitative estimate of drug-likeness (QED) is 0.614. The first-order valence-corrected chi connectivity index (χ1v) is 6.17. The van der Waals surface area contributed by atoms with Crippen LogP contribution in [0.15, 0.2) is 18.5 Å². The standard InChI is InChI=1S/C12H12N5O4/c13-4-12(10(20)9(19)7(3-18)21-12)8-2-1-6-11(14)15-5-16-17(6)8/h1-2,5,7,9-10,19-20H,3H2,(H2,14,15,16)/t7-,9-,10-,12+/m1/s1. The van der Waals surface area contributed by atoms with Crippen LogP contribution in [0.2, 0.25) is 0 Å². The number of nitrogen functional groups attached to an aromatic ring is 1. The number of nitriles is 1. The van der Waals surface area contributed by atoms with Gasteiger partial charge in [0.2, 0.25) is 5.60 Å². The highest BCUT2D eigenvalue weighted by Gasteiger charge is 2.57. The summed E-state index contributed by atoms with van der Waals surface area (Å²) >= 11 is 0. The number of aliphatic hydroxyl groups excluding tert-OH is 2. The summed E-state index contributed by atoms with van der Waals surface area (Å²) in [4.78, 5) is 3.82. The topological polar surface area (TPSA) is 150 Å². The zero-order valence-electron chi connectivity index (χ0n) is 10.7. The first-order valence-electron chi connectivity index (χ1n) is 6.17. The van der Waals surface area contributed by atoms with E-state index in [1.807, 2.05) is 6.07 Å². The Morgan fingerprint density at radius 1 is 1.52 bits per heavy atom. The number of hydrogen-bond donors (Lipinski definition) is 3. The zero-order chi connectivity index (χ0) is 15.2. The third kappa shape index (κ3) is 1.71. The van der Waals surface area contributed by atoms with Gasteiger partial charge >= 0.3 is 0 Å². The molecule has 1 fully saturated rings. The molecule has 9 nitrogen and oxygen atoms in total. The predicted molar refractivity (Wildman–Crippen MR) is 67.1 cm³/mol. The van der Waals surface area contributed by atoms with E-state index < -0.39 is 30.5 Å². The Hall–Kier alpha value is -2.25. The van der Waals surface area contributed by atoms with Crippen molar-refractivity contribution in [2.75, 3.05) is 12.3 Å². The fourth-order valence-corrected chi connectivity index (χ4v) is 2.55. The van der Waals surface area contributed by atoms with Gasteiger partial charge in [0, 0.05) is 0 Å². The summed E-state index contributed by atoms with van der Waals surface area (Å²) in [5.41, 5.74) is 4.43. The molecule has 109 valence electrons. The van der Waals surface area contributed by atoms with Crippen molar-refractivity contribution >= 4 is 11.3 Å². The van der Waals surface area contributed by atoms with Crippen LogP contribution < -0.4 is 5.73 Å². The first kappa shape index (κ1) is 13.7. The summed E-state index contributed by atoms with van der Waals surface area (Å²) in [6, 6.07) is 4.90. The fraction of sp³-hybridized carbons (Fsp3) is 0.417. The molecular formula is C12H12N5O4. The molecule has 0 aromatic carbocycles. The average molecular weight is 290 g/mol. The van der Waals surface area contributed by atoms with Gasteiger partial charge in [-0.25, -0.2) is 14.6 Å². The van der Waals surface area contributed by atoms with Gasteiger partial charge in [0.25, 0.3) is 0 Å². The number of nitrogens with zero attached hydrogens (tertiary/aromatic N) is 4. The molecule has 0 bridgehead atoms. The summed E-state index contributed by atoms with van der Waals surface area (Å²) in [6.07, 6.45) is -3.01. The molecule has 0 spiro atoms. The molecule has 2 aromatic rings. The van der Waals surface area contributed by atoms with Gasteiger partial charge < -0.3 is 20.7 Å². The number of aliphatic hydroxyl groups is 2. The van der Waals surface area contributed by atoms with E-state index in [0.29, 0.717) is 5.52 Å². The minimum absolute atomic E-state index is 0.177. The number of anilines is 1. The Kier molecular flexibility index (Phi) is 3.03. The molecule has 4 N–H and O–H groups in total. The highest BCUT2D eigenvalue weighted by molar-refractivity contribution is 5.66. The SMILES string of the molecule is N#C[C@@]1(c2ccc3c(N)ncnn23)O[C@H](C[O])[C@@H](O)[C@H]1O. The van der Waals surface area contributed by atoms with Crippen LogP contribution in [-0.2, 0) is 15.4 Å². The molecule has 9 heteroatoms. The van der Waals surface area contributed by atoms with Crippen molar-refractivity contribution in [2.24, 2.45) is 0 Å². The Bertz CT molecular complexity index is 726. The minimum Gasteiger partial charge on any atom is -0.387 e. The van der Waals surface area contributed by atoms with E-state index in [-0.39, 0.29) is 11.5 Å². The molecule has 0 unspecified atom stereocenters. The van der Waals surface area contributed by atoms with Crippen LogP contribution in [-0.4, -0.2) is 49.7 Å². The Labute approximate surface area is 118 Å². The van der Waals surface area contributed by atoms with Crippen LogP contribution in [0, 0.1) is 11.3 Å². The van der Waals surface area contributed by atoms with Crippen molar-refractivity contribution in [3.8, 4) is 6.07 Å². The molecule has 1 saturated heterocycles. The molecular weight excluding hydrogens is 278 g/mol. The van der Waals surface area contributed by atoms with Crippen molar-refractivity contribution in [3.05, 3.63) is 24.2 Å². The maximum absolute atomic E-state index is 11.0. The molecule has 1 aliphatic heterocycles. The Morgan fingerprint density at radius 3 is 2.90 bits per heavy atom. The monoisotopic (exact) mass is 290 g/mol.